The summed E-state index contributed by atoms with van der Waals surface area (Å²) in [4.78, 5) is 0. The predicted molar refractivity (Wildman–Crippen MR) is 142 cm³/mol. The largest absolute Gasteiger partial charge is 0.198 e. The lowest BCUT2D eigenvalue weighted by atomic mass is 9.88. The maximum Gasteiger partial charge on any atom is 0.0655 e. The SMILES string of the molecule is C=CC(CC=CCC)CC(C#N)CC.CCC=CCCCCCC(CC)CC(C#N)CC. The zero-order chi connectivity index (χ0) is 24.5. The molecule has 0 heterocycles. The van der Waals surface area contributed by atoms with E-state index in [1.54, 1.807) is 0 Å². The first-order chi connectivity index (χ1) is 15.6. The summed E-state index contributed by atoms with van der Waals surface area (Å²) in [5, 5.41) is 17.8. The molecule has 4 atom stereocenters. The number of allylic oxidation sites excluding steroid dienone is 5. The molecule has 0 aliphatic carbocycles. The molecule has 0 spiro atoms. The summed E-state index contributed by atoms with van der Waals surface area (Å²) in [7, 11) is 0. The molecule has 32 heavy (non-hydrogen) atoms. The molecule has 0 N–H and O–H groups in total. The highest BCUT2D eigenvalue weighted by molar-refractivity contribution is 4.93. The van der Waals surface area contributed by atoms with Gasteiger partial charge in [-0.05, 0) is 69.6 Å². The third-order valence-electron chi connectivity index (χ3n) is 6.19. The molecule has 4 unspecified atom stereocenters. The van der Waals surface area contributed by atoms with Gasteiger partial charge in [0, 0.05) is 11.8 Å². The molecule has 0 saturated carbocycles. The van der Waals surface area contributed by atoms with Crippen LogP contribution in [0.4, 0.5) is 0 Å². The highest BCUT2D eigenvalue weighted by Gasteiger charge is 2.13. The first kappa shape index (κ1) is 32.4. The van der Waals surface area contributed by atoms with Crippen molar-refractivity contribution in [3.8, 4) is 12.1 Å². The topological polar surface area (TPSA) is 47.6 Å². The third-order valence-corrected chi connectivity index (χ3v) is 6.19. The average molecular weight is 441 g/mol. The highest BCUT2D eigenvalue weighted by atomic mass is 14.3. The molecule has 0 aromatic rings. The molecule has 0 fully saturated rings. The standard InChI is InChI=1S/C17H31N.C13H21N/c1-4-7-8-9-10-11-12-13-16(5-2)14-17(6-3)15-18;1-4-7-8-9-12(5-2)10-13(6-3)11-14/h7-8,16-17H,4-6,9-14H2,1-3H3;5,7-8,12-13H,2,4,6,9-10H2,1,3H3. The van der Waals surface area contributed by atoms with Crippen LogP contribution in [0, 0.1) is 46.3 Å². The van der Waals surface area contributed by atoms with Gasteiger partial charge in [-0.25, -0.2) is 0 Å². The molecule has 0 saturated heterocycles. The summed E-state index contributed by atoms with van der Waals surface area (Å²) < 4.78 is 0. The molecule has 182 valence electrons. The van der Waals surface area contributed by atoms with E-state index >= 15 is 0 Å². The molecular formula is C30H52N2. The second-order valence-electron chi connectivity index (χ2n) is 8.84. The molecular weight excluding hydrogens is 388 g/mol. The van der Waals surface area contributed by atoms with Gasteiger partial charge in [0.2, 0.25) is 0 Å². The van der Waals surface area contributed by atoms with E-state index in [4.69, 9.17) is 10.5 Å². The summed E-state index contributed by atoms with van der Waals surface area (Å²) in [5.74, 6) is 1.69. The fourth-order valence-electron chi connectivity index (χ4n) is 3.76. The number of nitriles is 2. The first-order valence-electron chi connectivity index (χ1n) is 13.3. The Labute approximate surface area is 201 Å². The molecule has 0 radical (unpaired) electrons. The van der Waals surface area contributed by atoms with E-state index in [1.807, 2.05) is 6.08 Å². The number of unbranched alkanes of at least 4 members (excludes halogenated alkanes) is 3. The van der Waals surface area contributed by atoms with Crippen molar-refractivity contribution in [2.45, 2.75) is 118 Å². The molecule has 2 heteroatoms. The van der Waals surface area contributed by atoms with Crippen LogP contribution < -0.4 is 0 Å². The van der Waals surface area contributed by atoms with Crippen molar-refractivity contribution in [1.82, 2.24) is 0 Å². The summed E-state index contributed by atoms with van der Waals surface area (Å²) in [5.41, 5.74) is 0. The lowest BCUT2D eigenvalue weighted by Crippen LogP contribution is -2.06. The number of hydrogen-bond donors (Lipinski definition) is 0. The quantitative estimate of drug-likeness (QED) is 0.157. The van der Waals surface area contributed by atoms with Crippen LogP contribution in [0.25, 0.3) is 0 Å². The summed E-state index contributed by atoms with van der Waals surface area (Å²) in [6.45, 7) is 14.6. The summed E-state index contributed by atoms with van der Waals surface area (Å²) >= 11 is 0. The fourth-order valence-corrected chi connectivity index (χ4v) is 3.76. The van der Waals surface area contributed by atoms with Gasteiger partial charge in [0.05, 0.1) is 12.1 Å². The molecule has 0 aromatic heterocycles. The van der Waals surface area contributed by atoms with Gasteiger partial charge in [-0.3, -0.25) is 0 Å². The molecule has 0 aromatic carbocycles. The maximum absolute atomic E-state index is 9.00. The van der Waals surface area contributed by atoms with Crippen molar-refractivity contribution in [3.63, 3.8) is 0 Å². The molecule has 0 aliphatic heterocycles. The lowest BCUT2D eigenvalue weighted by Gasteiger charge is -2.17. The van der Waals surface area contributed by atoms with E-state index in [2.05, 4.69) is 77.6 Å². The van der Waals surface area contributed by atoms with Crippen LogP contribution >= 0.6 is 0 Å². The fraction of sp³-hybridized carbons (Fsp3) is 0.733. The van der Waals surface area contributed by atoms with Gasteiger partial charge in [-0.15, -0.1) is 6.58 Å². The molecule has 0 bridgehead atoms. The van der Waals surface area contributed by atoms with E-state index in [1.165, 1.54) is 38.5 Å². The van der Waals surface area contributed by atoms with Crippen LogP contribution in [0.2, 0.25) is 0 Å². The van der Waals surface area contributed by atoms with E-state index < -0.39 is 0 Å². The van der Waals surface area contributed by atoms with Gasteiger partial charge in [0.25, 0.3) is 0 Å². The highest BCUT2D eigenvalue weighted by Crippen LogP contribution is 2.23. The summed E-state index contributed by atoms with van der Waals surface area (Å²) in [6, 6.07) is 4.77. The molecule has 0 amide bonds. The second-order valence-corrected chi connectivity index (χ2v) is 8.84. The van der Waals surface area contributed by atoms with Crippen LogP contribution in [0.15, 0.2) is 37.0 Å². The third kappa shape index (κ3) is 20.1. The maximum atomic E-state index is 9.00. The Hall–Kier alpha value is -1.80. The van der Waals surface area contributed by atoms with E-state index in [0.717, 1.165) is 50.9 Å². The van der Waals surface area contributed by atoms with E-state index in [0.29, 0.717) is 5.92 Å². The molecule has 0 aliphatic rings. The van der Waals surface area contributed by atoms with Gasteiger partial charge in [0.15, 0.2) is 0 Å². The minimum atomic E-state index is 0.188. The van der Waals surface area contributed by atoms with Crippen molar-refractivity contribution in [1.29, 1.82) is 10.5 Å². The Kier molecular flexibility index (Phi) is 25.8. The average Bonchev–Trinajstić information content (AvgIpc) is 2.83. The Balaban J connectivity index is 0. The number of hydrogen-bond acceptors (Lipinski definition) is 2. The smallest absolute Gasteiger partial charge is 0.0655 e. The van der Waals surface area contributed by atoms with Gasteiger partial charge in [-0.2, -0.15) is 10.5 Å². The Morgan fingerprint density at radius 2 is 1.31 bits per heavy atom. The zero-order valence-electron chi connectivity index (χ0n) is 22.0. The number of nitrogens with zero attached hydrogens (tertiary/aromatic N) is 2. The lowest BCUT2D eigenvalue weighted by molar-refractivity contribution is 0.367. The van der Waals surface area contributed by atoms with Crippen LogP contribution in [0.1, 0.15) is 118 Å². The minimum absolute atomic E-state index is 0.188. The molecule has 2 nitrogen and oxygen atoms in total. The van der Waals surface area contributed by atoms with Crippen LogP contribution in [-0.2, 0) is 0 Å². The monoisotopic (exact) mass is 440 g/mol. The van der Waals surface area contributed by atoms with Crippen molar-refractivity contribution in [2.75, 3.05) is 0 Å². The van der Waals surface area contributed by atoms with Gasteiger partial charge in [0.1, 0.15) is 0 Å². The Bertz CT molecular complexity index is 546. The van der Waals surface area contributed by atoms with Gasteiger partial charge < -0.3 is 0 Å². The van der Waals surface area contributed by atoms with Crippen LogP contribution in [0.3, 0.4) is 0 Å². The van der Waals surface area contributed by atoms with Gasteiger partial charge in [-0.1, -0.05) is 90.7 Å². The van der Waals surface area contributed by atoms with Crippen LogP contribution in [0.5, 0.6) is 0 Å². The van der Waals surface area contributed by atoms with Crippen molar-refractivity contribution in [3.05, 3.63) is 37.0 Å². The normalized spacial score (nSPS) is 14.7. The minimum Gasteiger partial charge on any atom is -0.198 e. The van der Waals surface area contributed by atoms with E-state index in [-0.39, 0.29) is 11.8 Å². The zero-order valence-corrected chi connectivity index (χ0v) is 22.0. The summed E-state index contributed by atoms with van der Waals surface area (Å²) in [6.07, 6.45) is 25.9. The van der Waals surface area contributed by atoms with Crippen molar-refractivity contribution >= 4 is 0 Å². The first-order valence-corrected chi connectivity index (χ1v) is 13.3. The van der Waals surface area contributed by atoms with E-state index in [9.17, 15) is 0 Å². The predicted octanol–water partition coefficient (Wildman–Crippen LogP) is 9.95. The number of rotatable bonds is 18. The molecule has 0 rings (SSSR count). The van der Waals surface area contributed by atoms with Crippen molar-refractivity contribution in [2.24, 2.45) is 23.7 Å². The second kappa shape index (κ2) is 25.5. The Morgan fingerprint density at radius 1 is 0.719 bits per heavy atom. The Morgan fingerprint density at radius 3 is 1.81 bits per heavy atom. The van der Waals surface area contributed by atoms with Crippen LogP contribution in [-0.4, -0.2) is 0 Å². The van der Waals surface area contributed by atoms with Gasteiger partial charge >= 0.3 is 0 Å². The van der Waals surface area contributed by atoms with Crippen molar-refractivity contribution < 1.29 is 0 Å².